The van der Waals surface area contributed by atoms with Crippen LogP contribution in [0.25, 0.3) is 0 Å². The SMILES string of the molecule is CCC1(CC)CN(Cc2cccc(OC)c2F)CCN1. The maximum Gasteiger partial charge on any atom is 0.169 e. The van der Waals surface area contributed by atoms with Gasteiger partial charge in [0.15, 0.2) is 11.6 Å². The van der Waals surface area contributed by atoms with E-state index in [-0.39, 0.29) is 11.4 Å². The lowest BCUT2D eigenvalue weighted by molar-refractivity contribution is 0.117. The van der Waals surface area contributed by atoms with Crippen LogP contribution in [0.1, 0.15) is 32.3 Å². The fourth-order valence-electron chi connectivity index (χ4n) is 2.98. The maximum absolute atomic E-state index is 14.2. The van der Waals surface area contributed by atoms with E-state index in [9.17, 15) is 4.39 Å². The van der Waals surface area contributed by atoms with Crippen molar-refractivity contribution in [2.24, 2.45) is 0 Å². The molecule has 1 saturated heterocycles. The minimum Gasteiger partial charge on any atom is -0.494 e. The number of halogens is 1. The molecule has 2 rings (SSSR count). The number of methoxy groups -OCH3 is 1. The molecular formula is C16H25FN2O. The van der Waals surface area contributed by atoms with Gasteiger partial charge in [-0.05, 0) is 18.9 Å². The Morgan fingerprint density at radius 2 is 2.10 bits per heavy atom. The van der Waals surface area contributed by atoms with Gasteiger partial charge in [0.2, 0.25) is 0 Å². The first kappa shape index (κ1) is 15.3. The predicted octanol–water partition coefficient (Wildman–Crippen LogP) is 2.80. The third-order valence-electron chi connectivity index (χ3n) is 4.46. The molecule has 3 nitrogen and oxygen atoms in total. The molecule has 1 fully saturated rings. The predicted molar refractivity (Wildman–Crippen MR) is 79.5 cm³/mol. The van der Waals surface area contributed by atoms with Crippen molar-refractivity contribution in [3.63, 3.8) is 0 Å². The van der Waals surface area contributed by atoms with E-state index >= 15 is 0 Å². The van der Waals surface area contributed by atoms with Gasteiger partial charge in [-0.1, -0.05) is 26.0 Å². The summed E-state index contributed by atoms with van der Waals surface area (Å²) in [6.45, 7) is 7.97. The Morgan fingerprint density at radius 3 is 2.75 bits per heavy atom. The van der Waals surface area contributed by atoms with Gasteiger partial charge in [0, 0.05) is 37.3 Å². The second kappa shape index (κ2) is 6.55. The Labute approximate surface area is 121 Å². The fourth-order valence-corrected chi connectivity index (χ4v) is 2.98. The molecule has 1 aromatic carbocycles. The van der Waals surface area contributed by atoms with Gasteiger partial charge >= 0.3 is 0 Å². The molecule has 0 unspecified atom stereocenters. The summed E-state index contributed by atoms with van der Waals surface area (Å²) in [7, 11) is 1.51. The molecule has 0 aliphatic carbocycles. The highest BCUT2D eigenvalue weighted by molar-refractivity contribution is 5.31. The molecule has 0 amide bonds. The number of piperazine rings is 1. The van der Waals surface area contributed by atoms with Crippen molar-refractivity contribution in [2.75, 3.05) is 26.7 Å². The normalized spacial score (nSPS) is 19.0. The van der Waals surface area contributed by atoms with Crippen LogP contribution < -0.4 is 10.1 Å². The molecule has 1 aliphatic heterocycles. The zero-order chi connectivity index (χ0) is 14.6. The van der Waals surface area contributed by atoms with E-state index in [0.29, 0.717) is 17.9 Å². The van der Waals surface area contributed by atoms with Crippen LogP contribution in [0, 0.1) is 5.82 Å². The smallest absolute Gasteiger partial charge is 0.169 e. The van der Waals surface area contributed by atoms with Gasteiger partial charge < -0.3 is 10.1 Å². The largest absolute Gasteiger partial charge is 0.494 e. The third kappa shape index (κ3) is 3.13. The summed E-state index contributed by atoms with van der Waals surface area (Å²) in [5.74, 6) is 0.0991. The number of rotatable bonds is 5. The standard InChI is InChI=1S/C16H25FN2O/c1-4-16(5-2)12-19(10-9-18-16)11-13-7-6-8-14(20-3)15(13)17/h6-8,18H,4-5,9-12H2,1-3H3. The summed E-state index contributed by atoms with van der Waals surface area (Å²) in [4.78, 5) is 2.33. The zero-order valence-electron chi connectivity index (χ0n) is 12.7. The van der Waals surface area contributed by atoms with E-state index in [0.717, 1.165) is 32.5 Å². The Bertz CT molecular complexity index is 446. The van der Waals surface area contributed by atoms with E-state index in [2.05, 4.69) is 24.1 Å². The van der Waals surface area contributed by atoms with E-state index < -0.39 is 0 Å². The van der Waals surface area contributed by atoms with Crippen LogP contribution in [-0.4, -0.2) is 37.2 Å². The lowest BCUT2D eigenvalue weighted by Crippen LogP contribution is -2.59. The Morgan fingerprint density at radius 1 is 1.35 bits per heavy atom. The summed E-state index contributed by atoms with van der Waals surface area (Å²) in [5, 5.41) is 3.62. The summed E-state index contributed by atoms with van der Waals surface area (Å²) in [6, 6.07) is 5.37. The molecule has 1 aromatic rings. The van der Waals surface area contributed by atoms with Crippen LogP contribution >= 0.6 is 0 Å². The van der Waals surface area contributed by atoms with Crippen molar-refractivity contribution in [2.45, 2.75) is 38.8 Å². The van der Waals surface area contributed by atoms with E-state index in [1.54, 1.807) is 6.07 Å². The minimum absolute atomic E-state index is 0.174. The molecule has 0 atom stereocenters. The van der Waals surface area contributed by atoms with Gasteiger partial charge in [-0.25, -0.2) is 4.39 Å². The summed E-state index contributed by atoms with van der Waals surface area (Å²) in [6.07, 6.45) is 2.20. The minimum atomic E-state index is -0.230. The molecule has 1 N–H and O–H groups in total. The number of hydrogen-bond donors (Lipinski definition) is 1. The van der Waals surface area contributed by atoms with Crippen molar-refractivity contribution >= 4 is 0 Å². The topological polar surface area (TPSA) is 24.5 Å². The first-order valence-corrected chi connectivity index (χ1v) is 7.43. The van der Waals surface area contributed by atoms with Gasteiger partial charge in [-0.15, -0.1) is 0 Å². The van der Waals surface area contributed by atoms with Gasteiger partial charge in [-0.2, -0.15) is 0 Å². The fraction of sp³-hybridized carbons (Fsp3) is 0.625. The van der Waals surface area contributed by atoms with Crippen LogP contribution in [-0.2, 0) is 6.54 Å². The second-order valence-corrected chi connectivity index (χ2v) is 5.56. The lowest BCUT2D eigenvalue weighted by Gasteiger charge is -2.43. The van der Waals surface area contributed by atoms with E-state index in [1.807, 2.05) is 12.1 Å². The highest BCUT2D eigenvalue weighted by Crippen LogP contribution is 2.24. The average molecular weight is 280 g/mol. The third-order valence-corrected chi connectivity index (χ3v) is 4.46. The van der Waals surface area contributed by atoms with Gasteiger partial charge in [-0.3, -0.25) is 4.90 Å². The maximum atomic E-state index is 14.2. The van der Waals surface area contributed by atoms with Crippen molar-refractivity contribution in [1.29, 1.82) is 0 Å². The second-order valence-electron chi connectivity index (χ2n) is 5.56. The number of benzene rings is 1. The van der Waals surface area contributed by atoms with Crippen molar-refractivity contribution < 1.29 is 9.13 Å². The number of nitrogens with zero attached hydrogens (tertiary/aromatic N) is 1. The number of ether oxygens (including phenoxy) is 1. The molecule has 112 valence electrons. The first-order valence-electron chi connectivity index (χ1n) is 7.43. The molecule has 4 heteroatoms. The van der Waals surface area contributed by atoms with Gasteiger partial charge in [0.25, 0.3) is 0 Å². The molecule has 20 heavy (non-hydrogen) atoms. The quantitative estimate of drug-likeness (QED) is 0.897. The number of hydrogen-bond acceptors (Lipinski definition) is 3. The van der Waals surface area contributed by atoms with E-state index in [4.69, 9.17) is 4.74 Å². The molecule has 0 bridgehead atoms. The van der Waals surface area contributed by atoms with Crippen LogP contribution in [0.4, 0.5) is 4.39 Å². The van der Waals surface area contributed by atoms with Crippen LogP contribution in [0.3, 0.4) is 0 Å². The highest BCUT2D eigenvalue weighted by Gasteiger charge is 2.31. The first-order chi connectivity index (χ1) is 9.64. The molecule has 1 aliphatic rings. The summed E-state index contributed by atoms with van der Waals surface area (Å²) >= 11 is 0. The summed E-state index contributed by atoms with van der Waals surface area (Å²) in [5.41, 5.74) is 0.889. The number of nitrogens with one attached hydrogen (secondary N) is 1. The molecule has 0 aromatic heterocycles. The average Bonchev–Trinajstić information content (AvgIpc) is 2.49. The van der Waals surface area contributed by atoms with Crippen molar-refractivity contribution in [3.05, 3.63) is 29.6 Å². The van der Waals surface area contributed by atoms with E-state index in [1.165, 1.54) is 7.11 Å². The Balaban J connectivity index is 2.10. The van der Waals surface area contributed by atoms with Crippen LogP contribution in [0.15, 0.2) is 18.2 Å². The van der Waals surface area contributed by atoms with Crippen molar-refractivity contribution in [3.8, 4) is 5.75 Å². The van der Waals surface area contributed by atoms with Gasteiger partial charge in [0.1, 0.15) is 0 Å². The molecule has 0 spiro atoms. The molecule has 0 saturated carbocycles. The monoisotopic (exact) mass is 280 g/mol. The summed E-state index contributed by atoms with van der Waals surface area (Å²) < 4.78 is 19.3. The molecular weight excluding hydrogens is 255 g/mol. The lowest BCUT2D eigenvalue weighted by atomic mass is 9.90. The van der Waals surface area contributed by atoms with Gasteiger partial charge in [0.05, 0.1) is 7.11 Å². The molecule has 0 radical (unpaired) electrons. The van der Waals surface area contributed by atoms with Crippen LogP contribution in [0.2, 0.25) is 0 Å². The Hall–Kier alpha value is -1.13. The van der Waals surface area contributed by atoms with Crippen LogP contribution in [0.5, 0.6) is 5.75 Å². The van der Waals surface area contributed by atoms with Crippen molar-refractivity contribution in [1.82, 2.24) is 10.2 Å². The highest BCUT2D eigenvalue weighted by atomic mass is 19.1. The Kier molecular flexibility index (Phi) is 5.00. The zero-order valence-corrected chi connectivity index (χ0v) is 12.7. The molecule has 1 heterocycles.